The van der Waals surface area contributed by atoms with Gasteiger partial charge in [-0.2, -0.15) is 0 Å². The molecule has 2 aliphatic rings. The molecule has 1 aromatic rings. The number of hydrogen-bond donors (Lipinski definition) is 0. The van der Waals surface area contributed by atoms with Crippen LogP contribution in [0.3, 0.4) is 0 Å². The molecule has 2 fully saturated rings. The van der Waals surface area contributed by atoms with Gasteiger partial charge in [-0.15, -0.1) is 0 Å². The van der Waals surface area contributed by atoms with Crippen LogP contribution in [-0.4, -0.2) is 53.9 Å². The molecule has 0 saturated carbocycles. The number of aryl methyl sites for hydroxylation is 2. The van der Waals surface area contributed by atoms with Crippen LogP contribution < -0.4 is 4.74 Å². The largest absolute Gasteiger partial charge is 0.490 e. The average Bonchev–Trinajstić information content (AvgIpc) is 2.61. The average molecular weight is 344 g/mol. The van der Waals surface area contributed by atoms with Crippen molar-refractivity contribution in [2.24, 2.45) is 0 Å². The maximum absolute atomic E-state index is 12.5. The molecule has 0 radical (unpaired) electrons. The number of carbonyl (C=O) groups is 2. The molecule has 136 valence electrons. The maximum Gasteiger partial charge on any atom is 0.242 e. The van der Waals surface area contributed by atoms with Crippen molar-refractivity contribution >= 4 is 11.8 Å². The van der Waals surface area contributed by atoms with Crippen LogP contribution in [0.1, 0.15) is 43.2 Å². The maximum atomic E-state index is 12.5. The fourth-order valence-electron chi connectivity index (χ4n) is 3.67. The Hall–Kier alpha value is -2.04. The van der Waals surface area contributed by atoms with Gasteiger partial charge in [-0.3, -0.25) is 9.59 Å². The van der Waals surface area contributed by atoms with Crippen molar-refractivity contribution in [1.82, 2.24) is 9.80 Å². The van der Waals surface area contributed by atoms with E-state index in [1.54, 1.807) is 4.90 Å². The highest BCUT2D eigenvalue weighted by molar-refractivity contribution is 5.85. The summed E-state index contributed by atoms with van der Waals surface area (Å²) in [7, 11) is 0. The van der Waals surface area contributed by atoms with E-state index in [2.05, 4.69) is 26.0 Å². The number of hydrogen-bond acceptors (Lipinski definition) is 3. The highest BCUT2D eigenvalue weighted by atomic mass is 16.5. The number of nitrogens with zero attached hydrogens (tertiary/aromatic N) is 2. The number of amides is 2. The molecule has 3 rings (SSSR count). The van der Waals surface area contributed by atoms with Gasteiger partial charge in [-0.1, -0.05) is 18.2 Å². The summed E-state index contributed by atoms with van der Waals surface area (Å²) in [6, 6.07) is 6.17. The molecule has 0 bridgehead atoms. The lowest BCUT2D eigenvalue weighted by Crippen LogP contribution is -2.48. The van der Waals surface area contributed by atoms with Gasteiger partial charge in [-0.05, 0) is 37.8 Å². The summed E-state index contributed by atoms with van der Waals surface area (Å²) in [6.45, 7) is 6.50. The molecule has 1 aromatic carbocycles. The van der Waals surface area contributed by atoms with Crippen LogP contribution in [0.2, 0.25) is 0 Å². The Morgan fingerprint density at radius 2 is 1.80 bits per heavy atom. The third-order valence-electron chi connectivity index (χ3n) is 5.24. The van der Waals surface area contributed by atoms with E-state index in [-0.39, 0.29) is 24.5 Å². The Kier molecular flexibility index (Phi) is 5.61. The molecule has 2 heterocycles. The molecule has 2 aliphatic heterocycles. The van der Waals surface area contributed by atoms with Gasteiger partial charge in [0.25, 0.3) is 0 Å². The zero-order valence-electron chi connectivity index (χ0n) is 15.3. The quantitative estimate of drug-likeness (QED) is 0.844. The zero-order valence-corrected chi connectivity index (χ0v) is 15.3. The highest BCUT2D eigenvalue weighted by Gasteiger charge is 2.27. The first kappa shape index (κ1) is 17.8. The Morgan fingerprint density at radius 3 is 2.44 bits per heavy atom. The first-order valence-electron chi connectivity index (χ1n) is 9.33. The zero-order chi connectivity index (χ0) is 17.8. The van der Waals surface area contributed by atoms with Gasteiger partial charge in [0.2, 0.25) is 11.8 Å². The van der Waals surface area contributed by atoms with Gasteiger partial charge >= 0.3 is 0 Å². The summed E-state index contributed by atoms with van der Waals surface area (Å²) in [5, 5.41) is 0. The van der Waals surface area contributed by atoms with Gasteiger partial charge in [-0.25, -0.2) is 0 Å². The lowest BCUT2D eigenvalue weighted by atomic mass is 10.1. The second-order valence-corrected chi connectivity index (χ2v) is 7.19. The van der Waals surface area contributed by atoms with Crippen LogP contribution in [0.4, 0.5) is 0 Å². The van der Waals surface area contributed by atoms with Gasteiger partial charge in [0.15, 0.2) is 0 Å². The molecule has 5 heteroatoms. The monoisotopic (exact) mass is 344 g/mol. The van der Waals surface area contributed by atoms with E-state index in [0.29, 0.717) is 19.5 Å². The van der Waals surface area contributed by atoms with Crippen molar-refractivity contribution in [3.8, 4) is 5.75 Å². The minimum atomic E-state index is 0.0702. The van der Waals surface area contributed by atoms with Crippen LogP contribution in [0.25, 0.3) is 0 Å². The second kappa shape index (κ2) is 7.89. The predicted molar refractivity (Wildman–Crippen MR) is 96.6 cm³/mol. The molecule has 0 spiro atoms. The summed E-state index contributed by atoms with van der Waals surface area (Å²) >= 11 is 0. The molecule has 25 heavy (non-hydrogen) atoms. The van der Waals surface area contributed by atoms with Crippen LogP contribution >= 0.6 is 0 Å². The third-order valence-corrected chi connectivity index (χ3v) is 5.24. The fraction of sp³-hybridized carbons (Fsp3) is 0.600. The topological polar surface area (TPSA) is 49.9 Å². The lowest BCUT2D eigenvalue weighted by molar-refractivity contribution is -0.142. The molecule has 0 unspecified atom stereocenters. The van der Waals surface area contributed by atoms with Crippen molar-refractivity contribution in [3.63, 3.8) is 0 Å². The molecule has 0 N–H and O–H groups in total. The smallest absolute Gasteiger partial charge is 0.242 e. The van der Waals surface area contributed by atoms with Crippen molar-refractivity contribution < 1.29 is 14.3 Å². The first-order chi connectivity index (χ1) is 12.0. The molecular formula is C20H28N2O3. The Morgan fingerprint density at radius 1 is 1.12 bits per heavy atom. The first-order valence-corrected chi connectivity index (χ1v) is 9.33. The van der Waals surface area contributed by atoms with Crippen LogP contribution in [0.5, 0.6) is 5.75 Å². The fourth-order valence-corrected chi connectivity index (χ4v) is 3.67. The van der Waals surface area contributed by atoms with Crippen molar-refractivity contribution in [1.29, 1.82) is 0 Å². The molecule has 0 aromatic heterocycles. The number of rotatable bonds is 4. The number of benzene rings is 1. The summed E-state index contributed by atoms with van der Waals surface area (Å²) in [5.41, 5.74) is 2.31. The van der Waals surface area contributed by atoms with Crippen LogP contribution in [0, 0.1) is 13.8 Å². The van der Waals surface area contributed by atoms with Gasteiger partial charge in [0, 0.05) is 38.9 Å². The second-order valence-electron chi connectivity index (χ2n) is 7.19. The highest BCUT2D eigenvalue weighted by Crippen LogP contribution is 2.26. The Bertz CT molecular complexity index is 616. The number of carbonyl (C=O) groups excluding carboxylic acids is 2. The van der Waals surface area contributed by atoms with Crippen molar-refractivity contribution in [2.75, 3.05) is 26.2 Å². The van der Waals surface area contributed by atoms with E-state index in [9.17, 15) is 9.59 Å². The summed E-state index contributed by atoms with van der Waals surface area (Å²) < 4.78 is 6.21. The van der Waals surface area contributed by atoms with E-state index >= 15 is 0 Å². The molecule has 2 amide bonds. The van der Waals surface area contributed by atoms with E-state index in [4.69, 9.17) is 4.74 Å². The minimum absolute atomic E-state index is 0.0702. The lowest BCUT2D eigenvalue weighted by Gasteiger charge is -2.35. The van der Waals surface area contributed by atoms with E-state index in [1.807, 2.05) is 11.0 Å². The van der Waals surface area contributed by atoms with Crippen LogP contribution in [0.15, 0.2) is 18.2 Å². The van der Waals surface area contributed by atoms with Crippen molar-refractivity contribution in [2.45, 2.75) is 52.1 Å². The molecule has 0 aliphatic carbocycles. The minimum Gasteiger partial charge on any atom is -0.490 e. The third kappa shape index (κ3) is 4.33. The molecule has 0 atom stereocenters. The summed E-state index contributed by atoms with van der Waals surface area (Å²) in [5.74, 6) is 1.17. The number of para-hydroxylation sites is 1. The van der Waals surface area contributed by atoms with E-state index in [0.717, 1.165) is 49.1 Å². The number of ether oxygens (including phenoxy) is 1. The standard InChI is InChI=1S/C20H28N2O3/c1-15-6-5-7-16(2)20(15)25-17-9-12-21(13-10-17)19(24)14-22-11-4-3-8-18(22)23/h5-7,17H,3-4,8-14H2,1-2H3. The number of piperidine rings is 2. The van der Waals surface area contributed by atoms with Gasteiger partial charge in [0.1, 0.15) is 11.9 Å². The van der Waals surface area contributed by atoms with Gasteiger partial charge < -0.3 is 14.5 Å². The van der Waals surface area contributed by atoms with Gasteiger partial charge in [0.05, 0.1) is 6.54 Å². The predicted octanol–water partition coefficient (Wildman–Crippen LogP) is 2.69. The van der Waals surface area contributed by atoms with Crippen molar-refractivity contribution in [3.05, 3.63) is 29.3 Å². The molecule has 5 nitrogen and oxygen atoms in total. The van der Waals surface area contributed by atoms with E-state index < -0.39 is 0 Å². The molecular weight excluding hydrogens is 316 g/mol. The SMILES string of the molecule is Cc1cccc(C)c1OC1CCN(C(=O)CN2CCCCC2=O)CC1. The van der Waals surface area contributed by atoms with Crippen LogP contribution in [-0.2, 0) is 9.59 Å². The Labute approximate surface area is 149 Å². The molecule has 2 saturated heterocycles. The normalized spacial score (nSPS) is 19.2. The Balaban J connectivity index is 1.50. The number of likely N-dealkylation sites (tertiary alicyclic amines) is 2. The summed E-state index contributed by atoms with van der Waals surface area (Å²) in [4.78, 5) is 27.9. The summed E-state index contributed by atoms with van der Waals surface area (Å²) in [6.07, 6.45) is 4.37. The van der Waals surface area contributed by atoms with E-state index in [1.165, 1.54) is 0 Å².